The molecule has 3 aromatic rings. The van der Waals surface area contributed by atoms with Crippen molar-refractivity contribution >= 4 is 34.2 Å². The van der Waals surface area contributed by atoms with Gasteiger partial charge in [0.05, 0.1) is 5.52 Å². The number of benzene rings is 1. The van der Waals surface area contributed by atoms with Crippen LogP contribution in [0.15, 0.2) is 30.5 Å². The van der Waals surface area contributed by atoms with E-state index in [4.69, 9.17) is 12.2 Å². The Hall–Kier alpha value is -1.81. The van der Waals surface area contributed by atoms with Crippen LogP contribution in [0.25, 0.3) is 21.9 Å². The Kier molecular flexibility index (Phi) is 2.37. The van der Waals surface area contributed by atoms with E-state index in [0.717, 1.165) is 28.4 Å². The van der Waals surface area contributed by atoms with Crippen LogP contribution >= 0.6 is 12.2 Å². The van der Waals surface area contributed by atoms with Gasteiger partial charge in [0.2, 0.25) is 0 Å². The molecule has 0 radical (unpaired) electrons. The Bertz CT molecular complexity index is 761. The molecule has 0 aliphatic heterocycles. The number of hydrogen-bond acceptors (Lipinski definition) is 3. The minimum atomic E-state index is 0.471. The molecule has 0 fully saturated rings. The van der Waals surface area contributed by atoms with E-state index < -0.39 is 0 Å². The first-order valence-corrected chi connectivity index (χ1v) is 5.96. The summed E-state index contributed by atoms with van der Waals surface area (Å²) in [4.78, 5) is 11.7. The summed E-state index contributed by atoms with van der Waals surface area (Å²) in [5, 5.41) is 2.13. The first-order chi connectivity index (χ1) is 8.28. The average Bonchev–Trinajstić information content (AvgIpc) is 2.35. The van der Waals surface area contributed by atoms with E-state index in [0.29, 0.717) is 4.77 Å². The zero-order valence-corrected chi connectivity index (χ0v) is 10.2. The second-order valence-electron chi connectivity index (χ2n) is 3.96. The van der Waals surface area contributed by atoms with E-state index in [2.05, 4.69) is 46.1 Å². The van der Waals surface area contributed by atoms with Gasteiger partial charge in [-0.25, -0.2) is 9.97 Å². The van der Waals surface area contributed by atoms with Crippen LogP contribution in [0.5, 0.6) is 0 Å². The quantitative estimate of drug-likeness (QED) is 0.524. The highest BCUT2D eigenvalue weighted by Crippen LogP contribution is 2.21. The minimum Gasteiger partial charge on any atom is -0.315 e. The van der Waals surface area contributed by atoms with Crippen molar-refractivity contribution in [3.05, 3.63) is 40.8 Å². The van der Waals surface area contributed by atoms with Gasteiger partial charge < -0.3 is 4.98 Å². The standard InChI is InChI=1S/C13H11N3S/c1-2-8-4-3-5-9-6-10-7-14-13(17)16-12(10)15-11(8)9/h3-7H,2H2,1H3,(H,14,15,16,17). The molecule has 0 aliphatic carbocycles. The maximum absolute atomic E-state index is 5.02. The zero-order chi connectivity index (χ0) is 11.8. The molecular weight excluding hydrogens is 230 g/mol. The van der Waals surface area contributed by atoms with Gasteiger partial charge >= 0.3 is 0 Å². The highest BCUT2D eigenvalue weighted by molar-refractivity contribution is 7.71. The van der Waals surface area contributed by atoms with Crippen molar-refractivity contribution in [3.8, 4) is 0 Å². The third kappa shape index (κ3) is 1.70. The average molecular weight is 241 g/mol. The first kappa shape index (κ1) is 10.4. The van der Waals surface area contributed by atoms with Gasteiger partial charge in [0, 0.05) is 17.0 Å². The minimum absolute atomic E-state index is 0.471. The van der Waals surface area contributed by atoms with Gasteiger partial charge in [-0.1, -0.05) is 25.1 Å². The van der Waals surface area contributed by atoms with Crippen molar-refractivity contribution in [1.29, 1.82) is 0 Å². The van der Waals surface area contributed by atoms with Crippen molar-refractivity contribution < 1.29 is 0 Å². The number of nitrogens with one attached hydrogen (secondary N) is 1. The number of para-hydroxylation sites is 1. The molecule has 0 amide bonds. The van der Waals surface area contributed by atoms with Crippen molar-refractivity contribution in [2.75, 3.05) is 0 Å². The number of aryl methyl sites for hydroxylation is 1. The van der Waals surface area contributed by atoms with Crippen molar-refractivity contribution in [2.45, 2.75) is 13.3 Å². The fourth-order valence-electron chi connectivity index (χ4n) is 2.02. The Morgan fingerprint density at radius 3 is 3.00 bits per heavy atom. The van der Waals surface area contributed by atoms with Crippen LogP contribution < -0.4 is 0 Å². The molecule has 4 heteroatoms. The molecule has 3 nitrogen and oxygen atoms in total. The van der Waals surface area contributed by atoms with Gasteiger partial charge in [-0.2, -0.15) is 0 Å². The van der Waals surface area contributed by atoms with Crippen LogP contribution in [-0.2, 0) is 6.42 Å². The van der Waals surface area contributed by atoms with Crippen molar-refractivity contribution in [3.63, 3.8) is 0 Å². The Morgan fingerprint density at radius 2 is 2.18 bits per heavy atom. The SMILES string of the molecule is CCc1cccc2cc3cnc(=S)[nH]c3nc12. The first-order valence-electron chi connectivity index (χ1n) is 5.55. The molecule has 0 unspecified atom stereocenters. The molecule has 1 N–H and O–H groups in total. The Morgan fingerprint density at radius 1 is 1.29 bits per heavy atom. The summed E-state index contributed by atoms with van der Waals surface area (Å²) in [5.74, 6) is 0. The number of rotatable bonds is 1. The topological polar surface area (TPSA) is 41.6 Å². The van der Waals surface area contributed by atoms with Crippen LogP contribution in [0.3, 0.4) is 0 Å². The third-order valence-electron chi connectivity index (χ3n) is 2.89. The lowest BCUT2D eigenvalue weighted by atomic mass is 10.1. The molecular formula is C13H11N3S. The molecule has 0 spiro atoms. The van der Waals surface area contributed by atoms with Gasteiger partial charge in [0.1, 0.15) is 5.65 Å². The molecule has 0 saturated carbocycles. The summed E-state index contributed by atoms with van der Waals surface area (Å²) in [6, 6.07) is 8.34. The number of aromatic nitrogens is 3. The largest absolute Gasteiger partial charge is 0.315 e. The van der Waals surface area contributed by atoms with Crippen LogP contribution in [0.1, 0.15) is 12.5 Å². The lowest BCUT2D eigenvalue weighted by Gasteiger charge is -2.05. The molecule has 2 heterocycles. The smallest absolute Gasteiger partial charge is 0.198 e. The van der Waals surface area contributed by atoms with Crippen LogP contribution in [0.4, 0.5) is 0 Å². The fourth-order valence-corrected chi connectivity index (χ4v) is 2.17. The van der Waals surface area contributed by atoms with Crippen molar-refractivity contribution in [1.82, 2.24) is 15.0 Å². The lowest BCUT2D eigenvalue weighted by molar-refractivity contribution is 1.13. The monoisotopic (exact) mass is 241 g/mol. The summed E-state index contributed by atoms with van der Waals surface area (Å²) in [5.41, 5.74) is 3.10. The molecule has 0 saturated heterocycles. The van der Waals surface area contributed by atoms with E-state index >= 15 is 0 Å². The molecule has 0 bridgehead atoms. The maximum atomic E-state index is 5.02. The molecule has 84 valence electrons. The number of pyridine rings is 1. The highest BCUT2D eigenvalue weighted by atomic mass is 32.1. The predicted octanol–water partition coefficient (Wildman–Crippen LogP) is 3.40. The summed E-state index contributed by atoms with van der Waals surface area (Å²) in [7, 11) is 0. The summed E-state index contributed by atoms with van der Waals surface area (Å²) in [6.07, 6.45) is 2.74. The van der Waals surface area contributed by atoms with E-state index in [1.165, 1.54) is 5.56 Å². The Balaban J connectivity index is 2.48. The van der Waals surface area contributed by atoms with E-state index in [-0.39, 0.29) is 0 Å². The molecule has 2 aromatic heterocycles. The van der Waals surface area contributed by atoms with Crippen LogP contribution in [-0.4, -0.2) is 15.0 Å². The maximum Gasteiger partial charge on any atom is 0.198 e. The second-order valence-corrected chi connectivity index (χ2v) is 4.34. The fraction of sp³-hybridized carbons (Fsp3) is 0.154. The van der Waals surface area contributed by atoms with Crippen LogP contribution in [0.2, 0.25) is 0 Å². The van der Waals surface area contributed by atoms with Gasteiger partial charge in [-0.15, -0.1) is 0 Å². The Labute approximate surface area is 104 Å². The molecule has 1 aromatic carbocycles. The zero-order valence-electron chi connectivity index (χ0n) is 9.40. The number of aromatic amines is 1. The van der Waals surface area contributed by atoms with E-state index in [1.54, 1.807) is 6.20 Å². The van der Waals surface area contributed by atoms with Crippen molar-refractivity contribution in [2.24, 2.45) is 0 Å². The predicted molar refractivity (Wildman–Crippen MR) is 71.6 cm³/mol. The molecule has 3 rings (SSSR count). The molecule has 0 aliphatic rings. The van der Waals surface area contributed by atoms with Gasteiger partial charge in [-0.05, 0) is 30.3 Å². The number of hydrogen-bond donors (Lipinski definition) is 1. The normalized spacial score (nSPS) is 11.1. The van der Waals surface area contributed by atoms with Gasteiger partial charge in [0.15, 0.2) is 4.77 Å². The lowest BCUT2D eigenvalue weighted by Crippen LogP contribution is -1.92. The summed E-state index contributed by atoms with van der Waals surface area (Å²) >= 11 is 5.02. The van der Waals surface area contributed by atoms with Gasteiger partial charge in [-0.3, -0.25) is 0 Å². The van der Waals surface area contributed by atoms with E-state index in [1.807, 2.05) is 0 Å². The summed E-state index contributed by atoms with van der Waals surface area (Å²) < 4.78 is 0.471. The number of H-pyrrole nitrogens is 1. The highest BCUT2D eigenvalue weighted by Gasteiger charge is 2.03. The molecule has 0 atom stereocenters. The number of fused-ring (bicyclic) bond motifs is 2. The summed E-state index contributed by atoms with van der Waals surface area (Å²) in [6.45, 7) is 2.13. The van der Waals surface area contributed by atoms with Gasteiger partial charge in [0.25, 0.3) is 0 Å². The van der Waals surface area contributed by atoms with E-state index in [9.17, 15) is 0 Å². The third-order valence-corrected chi connectivity index (χ3v) is 3.09. The second kappa shape index (κ2) is 3.89. The molecule has 17 heavy (non-hydrogen) atoms. The van der Waals surface area contributed by atoms with Crippen LogP contribution in [0, 0.1) is 4.77 Å². The number of nitrogens with zero attached hydrogens (tertiary/aromatic N) is 2.